The topological polar surface area (TPSA) is 102 Å². The van der Waals surface area contributed by atoms with Crippen LogP contribution in [0, 0.1) is 0 Å². The number of urea groups is 1. The van der Waals surface area contributed by atoms with Gasteiger partial charge in [0.05, 0.1) is 27.0 Å². The lowest BCUT2D eigenvalue weighted by atomic mass is 10.1. The van der Waals surface area contributed by atoms with E-state index in [0.717, 1.165) is 5.56 Å². The summed E-state index contributed by atoms with van der Waals surface area (Å²) in [5, 5.41) is 8.27. The number of benzene rings is 2. The van der Waals surface area contributed by atoms with Crippen LogP contribution < -0.4 is 25.4 Å². The molecular formula is C23H25N3O5. The van der Waals surface area contributed by atoms with Gasteiger partial charge in [0, 0.05) is 17.8 Å². The molecule has 8 heteroatoms. The van der Waals surface area contributed by atoms with Crippen LogP contribution in [0.4, 0.5) is 16.2 Å². The number of methoxy groups -OCH3 is 2. The van der Waals surface area contributed by atoms with E-state index in [2.05, 4.69) is 16.0 Å². The summed E-state index contributed by atoms with van der Waals surface area (Å²) in [7, 11) is 3.19. The Morgan fingerprint density at radius 1 is 0.935 bits per heavy atom. The Hall–Kier alpha value is -3.94. The predicted octanol–water partition coefficient (Wildman–Crippen LogP) is 4.19. The third kappa shape index (κ3) is 6.53. The molecule has 31 heavy (non-hydrogen) atoms. The second-order valence-electron chi connectivity index (χ2n) is 6.69. The van der Waals surface area contributed by atoms with E-state index in [1.807, 2.05) is 18.2 Å². The molecule has 0 saturated heterocycles. The second kappa shape index (κ2) is 10.7. The van der Waals surface area contributed by atoms with Crippen molar-refractivity contribution in [3.63, 3.8) is 0 Å². The Bertz CT molecular complexity index is 1000. The quantitative estimate of drug-likeness (QED) is 0.479. The standard InChI is InChI=1S/C23H25N3O5/c1-29-19-10-11-21(30-2)16(14-19)5-12-22(27)25-17-6-8-18(9-7-17)26-23(28)24-15-20-4-3-13-31-20/h3-4,6-11,13-14H,5,12,15H2,1-2H3,(H,25,27)(H2,24,26,28). The largest absolute Gasteiger partial charge is 0.497 e. The van der Waals surface area contributed by atoms with E-state index in [4.69, 9.17) is 13.9 Å². The van der Waals surface area contributed by atoms with Gasteiger partial charge in [0.15, 0.2) is 0 Å². The van der Waals surface area contributed by atoms with Gasteiger partial charge in [-0.15, -0.1) is 0 Å². The van der Waals surface area contributed by atoms with Crippen LogP contribution in [0.25, 0.3) is 0 Å². The fraction of sp³-hybridized carbons (Fsp3) is 0.217. The van der Waals surface area contributed by atoms with Crippen molar-refractivity contribution in [1.29, 1.82) is 0 Å². The molecule has 3 amide bonds. The number of rotatable bonds is 9. The van der Waals surface area contributed by atoms with Crippen molar-refractivity contribution in [1.82, 2.24) is 5.32 Å². The molecule has 3 rings (SSSR count). The first-order chi connectivity index (χ1) is 15.1. The van der Waals surface area contributed by atoms with Crippen LogP contribution in [0.5, 0.6) is 11.5 Å². The molecule has 1 heterocycles. The molecule has 8 nitrogen and oxygen atoms in total. The molecule has 0 bridgehead atoms. The van der Waals surface area contributed by atoms with E-state index in [-0.39, 0.29) is 11.9 Å². The average Bonchev–Trinajstić information content (AvgIpc) is 3.31. The first-order valence-electron chi connectivity index (χ1n) is 9.75. The van der Waals surface area contributed by atoms with Gasteiger partial charge in [-0.05, 0) is 66.6 Å². The van der Waals surface area contributed by atoms with Crippen LogP contribution in [0.15, 0.2) is 65.3 Å². The number of carbonyl (C=O) groups excluding carboxylic acids is 2. The molecule has 0 aliphatic rings. The van der Waals surface area contributed by atoms with E-state index < -0.39 is 0 Å². The third-order valence-electron chi connectivity index (χ3n) is 4.54. The van der Waals surface area contributed by atoms with E-state index in [1.54, 1.807) is 56.9 Å². The molecule has 0 spiro atoms. The maximum atomic E-state index is 12.3. The van der Waals surface area contributed by atoms with Crippen molar-refractivity contribution in [2.75, 3.05) is 24.9 Å². The summed E-state index contributed by atoms with van der Waals surface area (Å²) in [4.78, 5) is 24.3. The van der Waals surface area contributed by atoms with E-state index in [0.29, 0.717) is 48.0 Å². The van der Waals surface area contributed by atoms with Crippen molar-refractivity contribution in [2.24, 2.45) is 0 Å². The number of nitrogens with one attached hydrogen (secondary N) is 3. The highest BCUT2D eigenvalue weighted by Gasteiger charge is 2.09. The lowest BCUT2D eigenvalue weighted by Crippen LogP contribution is -2.27. The van der Waals surface area contributed by atoms with E-state index in [9.17, 15) is 9.59 Å². The maximum absolute atomic E-state index is 12.3. The van der Waals surface area contributed by atoms with Gasteiger partial charge in [-0.3, -0.25) is 4.79 Å². The summed E-state index contributed by atoms with van der Waals surface area (Å²) >= 11 is 0. The van der Waals surface area contributed by atoms with Gasteiger partial charge in [-0.25, -0.2) is 4.79 Å². The Kier molecular flexibility index (Phi) is 7.53. The van der Waals surface area contributed by atoms with Gasteiger partial charge in [-0.1, -0.05) is 0 Å². The van der Waals surface area contributed by atoms with Crippen LogP contribution in [-0.4, -0.2) is 26.2 Å². The molecule has 162 valence electrons. The highest BCUT2D eigenvalue weighted by atomic mass is 16.5. The highest BCUT2D eigenvalue weighted by Crippen LogP contribution is 2.25. The Labute approximate surface area is 180 Å². The fourth-order valence-corrected chi connectivity index (χ4v) is 2.94. The summed E-state index contributed by atoms with van der Waals surface area (Å²) in [6, 6.07) is 15.6. The number of ether oxygens (including phenoxy) is 2. The molecule has 1 aromatic heterocycles. The molecule has 0 aliphatic carbocycles. The van der Waals surface area contributed by atoms with E-state index >= 15 is 0 Å². The normalized spacial score (nSPS) is 10.3. The van der Waals surface area contributed by atoms with Crippen molar-refractivity contribution in [2.45, 2.75) is 19.4 Å². The zero-order valence-corrected chi connectivity index (χ0v) is 17.4. The first kappa shape index (κ1) is 21.8. The van der Waals surface area contributed by atoms with Gasteiger partial charge in [-0.2, -0.15) is 0 Å². The van der Waals surface area contributed by atoms with Crippen LogP contribution >= 0.6 is 0 Å². The minimum atomic E-state index is -0.347. The predicted molar refractivity (Wildman–Crippen MR) is 118 cm³/mol. The summed E-state index contributed by atoms with van der Waals surface area (Å²) in [6.07, 6.45) is 2.36. The number of hydrogen-bond acceptors (Lipinski definition) is 5. The highest BCUT2D eigenvalue weighted by molar-refractivity contribution is 5.92. The Balaban J connectivity index is 1.47. The molecule has 0 atom stereocenters. The fourth-order valence-electron chi connectivity index (χ4n) is 2.94. The van der Waals surface area contributed by atoms with Gasteiger partial charge < -0.3 is 29.8 Å². The lowest BCUT2D eigenvalue weighted by Gasteiger charge is -2.11. The minimum absolute atomic E-state index is 0.123. The minimum Gasteiger partial charge on any atom is -0.497 e. The van der Waals surface area contributed by atoms with Crippen LogP contribution in [0.3, 0.4) is 0 Å². The molecule has 0 saturated carbocycles. The second-order valence-corrected chi connectivity index (χ2v) is 6.69. The Morgan fingerprint density at radius 3 is 2.32 bits per heavy atom. The zero-order chi connectivity index (χ0) is 22.1. The molecule has 3 aromatic rings. The smallest absolute Gasteiger partial charge is 0.319 e. The zero-order valence-electron chi connectivity index (χ0n) is 17.4. The molecule has 2 aromatic carbocycles. The van der Waals surface area contributed by atoms with Gasteiger partial charge in [0.1, 0.15) is 17.3 Å². The summed E-state index contributed by atoms with van der Waals surface area (Å²) in [5.74, 6) is 1.98. The summed E-state index contributed by atoms with van der Waals surface area (Å²) in [5.41, 5.74) is 2.15. The van der Waals surface area contributed by atoms with Crippen molar-refractivity contribution >= 4 is 23.3 Å². The number of aryl methyl sites for hydroxylation is 1. The molecule has 0 aliphatic heterocycles. The number of amides is 3. The Morgan fingerprint density at radius 2 is 1.68 bits per heavy atom. The van der Waals surface area contributed by atoms with Crippen LogP contribution in [-0.2, 0) is 17.8 Å². The van der Waals surface area contributed by atoms with E-state index in [1.165, 1.54) is 0 Å². The first-order valence-corrected chi connectivity index (χ1v) is 9.75. The molecule has 0 radical (unpaired) electrons. The number of hydrogen-bond donors (Lipinski definition) is 3. The van der Waals surface area contributed by atoms with Crippen LogP contribution in [0.1, 0.15) is 17.7 Å². The monoisotopic (exact) mass is 423 g/mol. The molecule has 0 unspecified atom stereocenters. The van der Waals surface area contributed by atoms with Crippen molar-refractivity contribution in [3.8, 4) is 11.5 Å². The third-order valence-corrected chi connectivity index (χ3v) is 4.54. The van der Waals surface area contributed by atoms with Crippen molar-refractivity contribution in [3.05, 3.63) is 72.2 Å². The van der Waals surface area contributed by atoms with Gasteiger partial charge in [0.25, 0.3) is 0 Å². The number of anilines is 2. The van der Waals surface area contributed by atoms with Crippen LogP contribution in [0.2, 0.25) is 0 Å². The molecular weight excluding hydrogens is 398 g/mol. The lowest BCUT2D eigenvalue weighted by molar-refractivity contribution is -0.116. The molecule has 3 N–H and O–H groups in total. The summed E-state index contributed by atoms with van der Waals surface area (Å²) in [6.45, 7) is 0.297. The SMILES string of the molecule is COc1ccc(OC)c(CCC(=O)Nc2ccc(NC(=O)NCc3ccco3)cc2)c1. The molecule has 0 fully saturated rings. The average molecular weight is 423 g/mol. The number of furan rings is 1. The van der Waals surface area contributed by atoms with Gasteiger partial charge in [0.2, 0.25) is 5.91 Å². The maximum Gasteiger partial charge on any atom is 0.319 e. The summed E-state index contributed by atoms with van der Waals surface area (Å²) < 4.78 is 15.7. The van der Waals surface area contributed by atoms with Gasteiger partial charge >= 0.3 is 6.03 Å². The number of carbonyl (C=O) groups is 2. The van der Waals surface area contributed by atoms with Crippen molar-refractivity contribution < 1.29 is 23.5 Å².